The maximum atomic E-state index is 14.8. The van der Waals surface area contributed by atoms with Crippen molar-refractivity contribution in [2.24, 2.45) is 0 Å². The molecule has 0 aliphatic rings. The molecule has 3 aromatic carbocycles. The van der Waals surface area contributed by atoms with Gasteiger partial charge in [-0.2, -0.15) is 0 Å². The molecular weight excluding hydrogens is 275 g/mol. The molecule has 0 saturated carbocycles. The summed E-state index contributed by atoms with van der Waals surface area (Å²) < 4.78 is 20.0. The third kappa shape index (κ3) is 2.69. The Balaban J connectivity index is 2.05. The molecule has 0 bridgehead atoms. The number of rotatable bonds is 4. The molecular formula is C20H19FO. The fourth-order valence-corrected chi connectivity index (χ4v) is 2.76. The number of hydrogen-bond acceptors (Lipinski definition) is 1. The van der Waals surface area contributed by atoms with Gasteiger partial charge in [-0.25, -0.2) is 4.39 Å². The lowest BCUT2D eigenvalue weighted by Gasteiger charge is -2.09. The normalized spacial score (nSPS) is 10.9. The molecule has 0 amide bonds. The van der Waals surface area contributed by atoms with E-state index in [-0.39, 0.29) is 5.82 Å². The first-order valence-corrected chi connectivity index (χ1v) is 7.58. The number of halogens is 1. The van der Waals surface area contributed by atoms with Crippen molar-refractivity contribution in [2.75, 3.05) is 7.11 Å². The van der Waals surface area contributed by atoms with Crippen LogP contribution in [-0.4, -0.2) is 7.11 Å². The van der Waals surface area contributed by atoms with Crippen LogP contribution in [0.25, 0.3) is 21.9 Å². The topological polar surface area (TPSA) is 9.23 Å². The number of aryl methyl sites for hydroxylation is 1. The summed E-state index contributed by atoms with van der Waals surface area (Å²) in [7, 11) is 1.61. The third-order valence-corrected chi connectivity index (χ3v) is 3.96. The molecule has 0 saturated heterocycles. The van der Waals surface area contributed by atoms with Crippen LogP contribution < -0.4 is 4.74 Å². The van der Waals surface area contributed by atoms with Crippen molar-refractivity contribution < 1.29 is 9.13 Å². The monoisotopic (exact) mass is 294 g/mol. The Morgan fingerprint density at radius 1 is 0.955 bits per heavy atom. The molecule has 0 radical (unpaired) electrons. The van der Waals surface area contributed by atoms with Gasteiger partial charge in [-0.05, 0) is 41.1 Å². The Hall–Kier alpha value is -2.35. The minimum atomic E-state index is -0.177. The second kappa shape index (κ2) is 6.18. The lowest BCUT2D eigenvalue weighted by atomic mass is 9.98. The summed E-state index contributed by atoms with van der Waals surface area (Å²) >= 11 is 0. The molecule has 0 fully saturated rings. The van der Waals surface area contributed by atoms with E-state index in [0.717, 1.165) is 29.5 Å². The van der Waals surface area contributed by atoms with Gasteiger partial charge in [-0.15, -0.1) is 0 Å². The molecule has 0 aromatic heterocycles. The van der Waals surface area contributed by atoms with Crippen LogP contribution >= 0.6 is 0 Å². The Kier molecular flexibility index (Phi) is 4.10. The number of ether oxygens (including phenoxy) is 1. The maximum Gasteiger partial charge on any atom is 0.138 e. The van der Waals surface area contributed by atoms with Gasteiger partial charge in [0, 0.05) is 10.9 Å². The fraction of sp³-hybridized carbons (Fsp3) is 0.200. The Bertz CT molecular complexity index is 791. The first-order chi connectivity index (χ1) is 10.7. The first-order valence-electron chi connectivity index (χ1n) is 7.58. The SMILES string of the molecule is CCCc1ccc(-c2ccc3cc(OC)ccc3c2F)cc1. The molecule has 0 atom stereocenters. The summed E-state index contributed by atoms with van der Waals surface area (Å²) in [5.74, 6) is 0.562. The van der Waals surface area contributed by atoms with E-state index in [9.17, 15) is 4.39 Å². The Morgan fingerprint density at radius 3 is 2.41 bits per heavy atom. The number of benzene rings is 3. The minimum absolute atomic E-state index is 0.177. The minimum Gasteiger partial charge on any atom is -0.497 e. The van der Waals surface area contributed by atoms with E-state index in [1.807, 2.05) is 30.3 Å². The first kappa shape index (κ1) is 14.6. The van der Waals surface area contributed by atoms with Crippen molar-refractivity contribution in [1.82, 2.24) is 0 Å². The average Bonchev–Trinajstić information content (AvgIpc) is 2.56. The molecule has 3 aromatic rings. The van der Waals surface area contributed by atoms with Crippen LogP contribution in [-0.2, 0) is 6.42 Å². The van der Waals surface area contributed by atoms with E-state index in [4.69, 9.17) is 4.74 Å². The summed E-state index contributed by atoms with van der Waals surface area (Å²) in [5, 5.41) is 1.47. The predicted octanol–water partition coefficient (Wildman–Crippen LogP) is 5.61. The van der Waals surface area contributed by atoms with E-state index in [2.05, 4.69) is 19.1 Å². The molecule has 0 aliphatic heterocycles. The summed E-state index contributed by atoms with van der Waals surface area (Å²) in [6, 6.07) is 17.4. The van der Waals surface area contributed by atoms with Crippen molar-refractivity contribution >= 4 is 10.8 Å². The average molecular weight is 294 g/mol. The van der Waals surface area contributed by atoms with Crippen molar-refractivity contribution in [3.63, 3.8) is 0 Å². The molecule has 112 valence electrons. The highest BCUT2D eigenvalue weighted by Crippen LogP contribution is 2.31. The van der Waals surface area contributed by atoms with Crippen LogP contribution in [0.15, 0.2) is 54.6 Å². The summed E-state index contributed by atoms with van der Waals surface area (Å²) in [4.78, 5) is 0. The van der Waals surface area contributed by atoms with E-state index < -0.39 is 0 Å². The lowest BCUT2D eigenvalue weighted by molar-refractivity contribution is 0.415. The van der Waals surface area contributed by atoms with Gasteiger partial charge in [0.05, 0.1) is 7.11 Å². The van der Waals surface area contributed by atoms with Gasteiger partial charge in [0.25, 0.3) is 0 Å². The second-order valence-corrected chi connectivity index (χ2v) is 5.46. The fourth-order valence-electron chi connectivity index (χ4n) is 2.76. The highest BCUT2D eigenvalue weighted by molar-refractivity contribution is 5.89. The Morgan fingerprint density at radius 2 is 1.73 bits per heavy atom. The van der Waals surface area contributed by atoms with Crippen LogP contribution in [0.5, 0.6) is 5.75 Å². The molecule has 2 heteroatoms. The van der Waals surface area contributed by atoms with Crippen LogP contribution in [0.2, 0.25) is 0 Å². The molecule has 0 unspecified atom stereocenters. The summed E-state index contributed by atoms with van der Waals surface area (Å²) in [6.45, 7) is 2.16. The molecule has 1 nitrogen and oxygen atoms in total. The zero-order valence-electron chi connectivity index (χ0n) is 12.9. The van der Waals surface area contributed by atoms with Crippen molar-refractivity contribution in [1.29, 1.82) is 0 Å². The molecule has 0 N–H and O–H groups in total. The van der Waals surface area contributed by atoms with Crippen molar-refractivity contribution in [3.05, 3.63) is 66.0 Å². The smallest absolute Gasteiger partial charge is 0.138 e. The number of hydrogen-bond donors (Lipinski definition) is 0. The van der Waals surface area contributed by atoms with Crippen LogP contribution in [0.1, 0.15) is 18.9 Å². The molecule has 0 spiro atoms. The van der Waals surface area contributed by atoms with E-state index in [1.165, 1.54) is 5.56 Å². The lowest BCUT2D eigenvalue weighted by Crippen LogP contribution is -1.89. The van der Waals surface area contributed by atoms with E-state index in [1.54, 1.807) is 19.2 Å². The van der Waals surface area contributed by atoms with Gasteiger partial charge >= 0.3 is 0 Å². The molecule has 0 aliphatic carbocycles. The summed E-state index contributed by atoms with van der Waals surface area (Å²) in [5.41, 5.74) is 2.84. The van der Waals surface area contributed by atoms with Crippen molar-refractivity contribution in [3.8, 4) is 16.9 Å². The van der Waals surface area contributed by atoms with Gasteiger partial charge in [-0.1, -0.05) is 49.7 Å². The van der Waals surface area contributed by atoms with E-state index >= 15 is 0 Å². The van der Waals surface area contributed by atoms with Gasteiger partial charge in [-0.3, -0.25) is 0 Å². The summed E-state index contributed by atoms with van der Waals surface area (Å²) in [6.07, 6.45) is 2.17. The highest BCUT2D eigenvalue weighted by atomic mass is 19.1. The van der Waals surface area contributed by atoms with Gasteiger partial charge in [0.1, 0.15) is 11.6 Å². The van der Waals surface area contributed by atoms with Crippen LogP contribution in [0.3, 0.4) is 0 Å². The van der Waals surface area contributed by atoms with Crippen LogP contribution in [0, 0.1) is 5.82 Å². The Labute approximate surface area is 130 Å². The quantitative estimate of drug-likeness (QED) is 0.608. The third-order valence-electron chi connectivity index (χ3n) is 3.96. The van der Waals surface area contributed by atoms with Crippen LogP contribution in [0.4, 0.5) is 4.39 Å². The van der Waals surface area contributed by atoms with Crippen molar-refractivity contribution in [2.45, 2.75) is 19.8 Å². The predicted molar refractivity (Wildman–Crippen MR) is 89.9 cm³/mol. The van der Waals surface area contributed by atoms with Gasteiger partial charge in [0.15, 0.2) is 0 Å². The zero-order chi connectivity index (χ0) is 15.5. The van der Waals surface area contributed by atoms with Gasteiger partial charge in [0.2, 0.25) is 0 Å². The zero-order valence-corrected chi connectivity index (χ0v) is 12.9. The largest absolute Gasteiger partial charge is 0.497 e. The van der Waals surface area contributed by atoms with E-state index in [0.29, 0.717) is 10.9 Å². The van der Waals surface area contributed by atoms with Gasteiger partial charge < -0.3 is 4.74 Å². The highest BCUT2D eigenvalue weighted by Gasteiger charge is 2.10. The molecule has 0 heterocycles. The molecule has 3 rings (SSSR count). The second-order valence-electron chi connectivity index (χ2n) is 5.46. The number of fused-ring (bicyclic) bond motifs is 1. The standard InChI is InChI=1S/C20H19FO/c1-3-4-14-5-7-15(8-6-14)18-11-9-16-13-17(22-2)10-12-19(16)20(18)21/h5-13H,3-4H2,1-2H3. The molecule has 22 heavy (non-hydrogen) atoms. The maximum absolute atomic E-state index is 14.8. The number of methoxy groups -OCH3 is 1.